The smallest absolute Gasteiger partial charge is 0.126 e. The van der Waals surface area contributed by atoms with E-state index < -0.39 is 5.82 Å². The van der Waals surface area contributed by atoms with Crippen molar-refractivity contribution < 1.29 is 8.78 Å². The van der Waals surface area contributed by atoms with Gasteiger partial charge < -0.3 is 5.32 Å². The molecule has 0 aliphatic rings. The Morgan fingerprint density at radius 2 is 2.11 bits per heavy atom. The lowest BCUT2D eigenvalue weighted by Crippen LogP contribution is -2.23. The average molecular weight is 281 g/mol. The van der Waals surface area contributed by atoms with Crippen molar-refractivity contribution in [3.05, 3.63) is 57.8 Å². The summed E-state index contributed by atoms with van der Waals surface area (Å²) in [4.78, 5) is 1.15. The molecule has 0 spiro atoms. The summed E-state index contributed by atoms with van der Waals surface area (Å²) in [6.45, 7) is 2.95. The highest BCUT2D eigenvalue weighted by molar-refractivity contribution is 7.10. The number of hydrogen-bond donors (Lipinski definition) is 1. The Kier molecular flexibility index (Phi) is 5.05. The van der Waals surface area contributed by atoms with Crippen molar-refractivity contribution in [2.75, 3.05) is 6.54 Å². The number of thiophene rings is 1. The van der Waals surface area contributed by atoms with E-state index in [2.05, 4.69) is 12.2 Å². The zero-order valence-electron chi connectivity index (χ0n) is 10.8. The van der Waals surface area contributed by atoms with Gasteiger partial charge in [0.05, 0.1) is 0 Å². The van der Waals surface area contributed by atoms with Crippen LogP contribution in [0.5, 0.6) is 0 Å². The molecule has 0 aliphatic carbocycles. The van der Waals surface area contributed by atoms with Gasteiger partial charge in [-0.3, -0.25) is 0 Å². The standard InChI is InChI=1S/C15H17F2NS/c1-2-7-18-14(15-4-3-8-19-15)10-11-9-12(16)5-6-13(11)17/h3-6,8-9,14,18H,2,7,10H2,1H3. The van der Waals surface area contributed by atoms with E-state index in [4.69, 9.17) is 0 Å². The third-order valence-corrected chi connectivity index (χ3v) is 3.95. The predicted octanol–water partition coefficient (Wildman–Crippen LogP) is 4.31. The van der Waals surface area contributed by atoms with Crippen molar-refractivity contribution in [1.29, 1.82) is 0 Å². The minimum atomic E-state index is -0.392. The SMILES string of the molecule is CCCNC(Cc1cc(F)ccc1F)c1cccs1. The van der Waals surface area contributed by atoms with Crippen LogP contribution in [0.3, 0.4) is 0 Å². The first-order chi connectivity index (χ1) is 9.20. The minimum absolute atomic E-state index is 0.0382. The van der Waals surface area contributed by atoms with Crippen LogP contribution in [0.15, 0.2) is 35.7 Å². The normalized spacial score (nSPS) is 12.6. The Bertz CT molecular complexity index is 511. The third-order valence-electron chi connectivity index (χ3n) is 2.96. The van der Waals surface area contributed by atoms with Crippen molar-refractivity contribution in [3.63, 3.8) is 0 Å². The van der Waals surface area contributed by atoms with Gasteiger partial charge in [-0.15, -0.1) is 11.3 Å². The first-order valence-electron chi connectivity index (χ1n) is 6.41. The highest BCUT2D eigenvalue weighted by Crippen LogP contribution is 2.24. The zero-order valence-corrected chi connectivity index (χ0v) is 11.6. The van der Waals surface area contributed by atoms with E-state index in [1.165, 1.54) is 12.1 Å². The largest absolute Gasteiger partial charge is 0.309 e. The molecule has 0 amide bonds. The van der Waals surface area contributed by atoms with Crippen molar-refractivity contribution in [2.24, 2.45) is 0 Å². The lowest BCUT2D eigenvalue weighted by Gasteiger charge is -2.17. The van der Waals surface area contributed by atoms with Gasteiger partial charge in [0.15, 0.2) is 0 Å². The topological polar surface area (TPSA) is 12.0 Å². The second-order valence-corrected chi connectivity index (χ2v) is 5.44. The van der Waals surface area contributed by atoms with Gasteiger partial charge in [-0.05, 0) is 54.6 Å². The highest BCUT2D eigenvalue weighted by atomic mass is 32.1. The van der Waals surface area contributed by atoms with Crippen molar-refractivity contribution in [3.8, 4) is 0 Å². The van der Waals surface area contributed by atoms with Crippen LogP contribution in [-0.2, 0) is 6.42 Å². The number of nitrogens with one attached hydrogen (secondary N) is 1. The first kappa shape index (κ1) is 14.2. The van der Waals surface area contributed by atoms with E-state index in [-0.39, 0.29) is 11.9 Å². The fourth-order valence-electron chi connectivity index (χ4n) is 2.00. The van der Waals surface area contributed by atoms with E-state index in [1.54, 1.807) is 11.3 Å². The molecular formula is C15H17F2NS. The number of halogens is 2. The third kappa shape index (κ3) is 3.85. The Morgan fingerprint density at radius 1 is 1.26 bits per heavy atom. The molecule has 1 aromatic heterocycles. The van der Waals surface area contributed by atoms with Gasteiger partial charge in [0.25, 0.3) is 0 Å². The lowest BCUT2D eigenvalue weighted by molar-refractivity contribution is 0.514. The summed E-state index contributed by atoms with van der Waals surface area (Å²) in [6, 6.07) is 7.66. The monoisotopic (exact) mass is 281 g/mol. The summed E-state index contributed by atoms with van der Waals surface area (Å²) in [5.41, 5.74) is 0.419. The van der Waals surface area contributed by atoms with Gasteiger partial charge in [0.1, 0.15) is 11.6 Å². The van der Waals surface area contributed by atoms with Gasteiger partial charge in [0.2, 0.25) is 0 Å². The molecule has 1 atom stereocenters. The summed E-state index contributed by atoms with van der Waals surface area (Å²) in [5.74, 6) is -0.738. The summed E-state index contributed by atoms with van der Waals surface area (Å²) >= 11 is 1.63. The molecule has 0 aliphatic heterocycles. The molecule has 0 saturated carbocycles. The average Bonchev–Trinajstić information content (AvgIpc) is 2.92. The molecule has 1 nitrogen and oxygen atoms in total. The van der Waals surface area contributed by atoms with Gasteiger partial charge in [0, 0.05) is 10.9 Å². The molecule has 102 valence electrons. The van der Waals surface area contributed by atoms with Crippen LogP contribution in [0, 0.1) is 11.6 Å². The molecule has 4 heteroatoms. The van der Waals surface area contributed by atoms with E-state index in [0.29, 0.717) is 12.0 Å². The maximum Gasteiger partial charge on any atom is 0.126 e. The summed E-state index contributed by atoms with van der Waals surface area (Å²) < 4.78 is 26.9. The van der Waals surface area contributed by atoms with Crippen LogP contribution in [0.25, 0.3) is 0 Å². The van der Waals surface area contributed by atoms with E-state index in [0.717, 1.165) is 23.9 Å². The zero-order chi connectivity index (χ0) is 13.7. The molecule has 2 rings (SSSR count). The second kappa shape index (κ2) is 6.78. The Labute approximate surface area is 116 Å². The van der Waals surface area contributed by atoms with Gasteiger partial charge in [-0.25, -0.2) is 8.78 Å². The number of benzene rings is 1. The highest BCUT2D eigenvalue weighted by Gasteiger charge is 2.15. The summed E-state index contributed by atoms with van der Waals surface area (Å²) in [5, 5.41) is 5.39. The van der Waals surface area contributed by atoms with Crippen LogP contribution >= 0.6 is 11.3 Å². The first-order valence-corrected chi connectivity index (χ1v) is 7.29. The Morgan fingerprint density at radius 3 is 2.79 bits per heavy atom. The van der Waals surface area contributed by atoms with Crippen LogP contribution in [-0.4, -0.2) is 6.54 Å². The minimum Gasteiger partial charge on any atom is -0.309 e. The maximum absolute atomic E-state index is 13.7. The molecule has 0 saturated heterocycles. The van der Waals surface area contributed by atoms with Crippen LogP contribution < -0.4 is 5.32 Å². The molecular weight excluding hydrogens is 264 g/mol. The molecule has 1 heterocycles. The van der Waals surface area contributed by atoms with Crippen molar-refractivity contribution >= 4 is 11.3 Å². The fraction of sp³-hybridized carbons (Fsp3) is 0.333. The summed E-state index contributed by atoms with van der Waals surface area (Å²) in [7, 11) is 0. The molecule has 0 bridgehead atoms. The van der Waals surface area contributed by atoms with Crippen LogP contribution in [0.1, 0.15) is 29.8 Å². The van der Waals surface area contributed by atoms with Gasteiger partial charge in [-0.2, -0.15) is 0 Å². The quantitative estimate of drug-likeness (QED) is 0.832. The molecule has 1 aromatic carbocycles. The van der Waals surface area contributed by atoms with Crippen molar-refractivity contribution in [2.45, 2.75) is 25.8 Å². The number of rotatable bonds is 6. The Hall–Kier alpha value is -1.26. The maximum atomic E-state index is 13.7. The fourth-order valence-corrected chi connectivity index (χ4v) is 2.80. The van der Waals surface area contributed by atoms with Gasteiger partial charge >= 0.3 is 0 Å². The molecule has 19 heavy (non-hydrogen) atoms. The van der Waals surface area contributed by atoms with E-state index >= 15 is 0 Å². The number of hydrogen-bond acceptors (Lipinski definition) is 2. The van der Waals surface area contributed by atoms with Crippen LogP contribution in [0.2, 0.25) is 0 Å². The summed E-state index contributed by atoms with van der Waals surface area (Å²) in [6.07, 6.45) is 1.47. The predicted molar refractivity (Wildman–Crippen MR) is 75.4 cm³/mol. The molecule has 1 unspecified atom stereocenters. The molecule has 2 aromatic rings. The van der Waals surface area contributed by atoms with Gasteiger partial charge in [-0.1, -0.05) is 13.0 Å². The lowest BCUT2D eigenvalue weighted by atomic mass is 10.0. The Balaban J connectivity index is 2.17. The molecule has 0 radical (unpaired) electrons. The van der Waals surface area contributed by atoms with E-state index in [9.17, 15) is 8.78 Å². The van der Waals surface area contributed by atoms with Crippen LogP contribution in [0.4, 0.5) is 8.78 Å². The van der Waals surface area contributed by atoms with E-state index in [1.807, 2.05) is 17.5 Å². The molecule has 1 N–H and O–H groups in total. The van der Waals surface area contributed by atoms with Crippen molar-refractivity contribution in [1.82, 2.24) is 5.32 Å². The molecule has 0 fully saturated rings. The second-order valence-electron chi connectivity index (χ2n) is 4.46.